The van der Waals surface area contributed by atoms with Crippen LogP contribution in [0.5, 0.6) is 11.5 Å². The molecule has 0 N–H and O–H groups in total. The molecule has 5 rings (SSSR count). The number of hydrogen-bond acceptors (Lipinski definition) is 11. The van der Waals surface area contributed by atoms with Gasteiger partial charge in [0, 0.05) is 47.1 Å². The molecule has 42 heavy (non-hydrogen) atoms. The summed E-state index contributed by atoms with van der Waals surface area (Å²) in [7, 11) is 4.32. The predicted octanol–water partition coefficient (Wildman–Crippen LogP) is 6.28. The number of aromatic nitrogens is 2. The molecule has 0 spiro atoms. The Hall–Kier alpha value is -4.36. The average molecular weight is 608 g/mol. The summed E-state index contributed by atoms with van der Waals surface area (Å²) in [5, 5.41) is 12.6. The molecular weight excluding hydrogens is 582 g/mol. The van der Waals surface area contributed by atoms with Gasteiger partial charge in [-0.15, -0.1) is 0 Å². The summed E-state index contributed by atoms with van der Waals surface area (Å²) in [6.07, 6.45) is 2.17. The van der Waals surface area contributed by atoms with Crippen LogP contribution in [0.3, 0.4) is 0 Å². The first-order chi connectivity index (χ1) is 20.3. The number of rotatable bonds is 11. The summed E-state index contributed by atoms with van der Waals surface area (Å²) >= 11 is 0. The standard InChI is InChI=1S/C29H25N3O8S2/c1-3-4-11-31-26-19-15-22(38-2)23(40-29(35)39-12-13-41-42-24-7-5-6-10-30-24)16-20(19)27(33)25(26)18-9-8-17(32(36)37)14-21(18)28(31)34/h5-10,14-16H,3-4,11-13H2,1-2H3. The largest absolute Gasteiger partial charge is 0.514 e. The zero-order valence-corrected chi connectivity index (χ0v) is 24.3. The van der Waals surface area contributed by atoms with Crippen molar-refractivity contribution in [2.24, 2.45) is 0 Å². The topological polar surface area (TPSA) is 140 Å². The summed E-state index contributed by atoms with van der Waals surface area (Å²) in [6, 6.07) is 12.4. The van der Waals surface area contributed by atoms with E-state index in [4.69, 9.17) is 14.2 Å². The maximum absolute atomic E-state index is 13.8. The van der Waals surface area contributed by atoms with Crippen molar-refractivity contribution in [1.82, 2.24) is 9.55 Å². The SMILES string of the molecule is CCCCn1c2c(c3ccc([N+](=O)[O-])cc3c1=O)C(=O)c1cc(OC(=O)OCCSSc3ccccn3)c(OC)cc1-2. The molecule has 1 aliphatic rings. The van der Waals surface area contributed by atoms with E-state index in [2.05, 4.69) is 4.98 Å². The van der Waals surface area contributed by atoms with Crippen molar-refractivity contribution in [3.05, 3.63) is 86.3 Å². The van der Waals surface area contributed by atoms with Crippen LogP contribution in [0, 0.1) is 10.1 Å². The molecule has 11 nitrogen and oxygen atoms in total. The molecule has 0 unspecified atom stereocenters. The van der Waals surface area contributed by atoms with Crippen molar-refractivity contribution in [1.29, 1.82) is 0 Å². The Balaban J connectivity index is 1.43. The van der Waals surface area contributed by atoms with E-state index < -0.39 is 22.4 Å². The number of hydrogen-bond donors (Lipinski definition) is 0. The number of ether oxygens (including phenoxy) is 3. The summed E-state index contributed by atoms with van der Waals surface area (Å²) in [6.45, 7) is 2.37. The van der Waals surface area contributed by atoms with E-state index in [-0.39, 0.29) is 40.3 Å². The summed E-state index contributed by atoms with van der Waals surface area (Å²) < 4.78 is 17.6. The lowest BCUT2D eigenvalue weighted by molar-refractivity contribution is -0.384. The van der Waals surface area contributed by atoms with Crippen LogP contribution in [-0.4, -0.2) is 45.9 Å². The molecule has 0 saturated carbocycles. The van der Waals surface area contributed by atoms with Crippen LogP contribution >= 0.6 is 21.6 Å². The van der Waals surface area contributed by atoms with E-state index in [9.17, 15) is 24.5 Å². The third kappa shape index (κ3) is 5.70. The summed E-state index contributed by atoms with van der Waals surface area (Å²) in [5.74, 6) is 0.254. The fraction of sp³-hybridized carbons (Fsp3) is 0.241. The molecule has 216 valence electrons. The molecule has 0 saturated heterocycles. The van der Waals surface area contributed by atoms with E-state index >= 15 is 0 Å². The Labute approximate surface area is 247 Å². The van der Waals surface area contributed by atoms with Gasteiger partial charge in [-0.05, 0) is 47.5 Å². The number of nitrogens with zero attached hydrogens (tertiary/aromatic N) is 3. The highest BCUT2D eigenvalue weighted by atomic mass is 33.1. The van der Waals surface area contributed by atoms with Crippen molar-refractivity contribution in [2.45, 2.75) is 31.3 Å². The number of unbranched alkanes of at least 4 members (excludes halogenated alkanes) is 1. The molecule has 13 heteroatoms. The van der Waals surface area contributed by atoms with Gasteiger partial charge in [-0.3, -0.25) is 19.7 Å². The number of nitro groups is 1. The lowest BCUT2D eigenvalue weighted by Crippen LogP contribution is -2.23. The van der Waals surface area contributed by atoms with Crippen LogP contribution in [0.1, 0.15) is 35.7 Å². The highest BCUT2D eigenvalue weighted by Gasteiger charge is 2.35. The number of nitro benzene ring substituents is 1. The number of pyridine rings is 2. The smallest absolute Gasteiger partial charge is 0.493 e. The lowest BCUT2D eigenvalue weighted by atomic mass is 10.0. The minimum absolute atomic E-state index is 0.0136. The third-order valence-corrected chi connectivity index (χ3v) is 8.82. The van der Waals surface area contributed by atoms with Gasteiger partial charge in [0.1, 0.15) is 11.6 Å². The van der Waals surface area contributed by atoms with E-state index in [0.29, 0.717) is 35.4 Å². The predicted molar refractivity (Wildman–Crippen MR) is 160 cm³/mol. The number of ketones is 1. The fourth-order valence-electron chi connectivity index (χ4n) is 4.68. The van der Waals surface area contributed by atoms with Gasteiger partial charge in [-0.2, -0.15) is 0 Å². The van der Waals surface area contributed by atoms with Crippen molar-refractivity contribution in [2.75, 3.05) is 19.5 Å². The molecule has 1 aliphatic carbocycles. The Morgan fingerprint density at radius 3 is 2.60 bits per heavy atom. The molecule has 0 radical (unpaired) electrons. The van der Waals surface area contributed by atoms with Crippen LogP contribution in [0.15, 0.2) is 64.5 Å². The molecule has 0 aliphatic heterocycles. The van der Waals surface area contributed by atoms with Gasteiger partial charge < -0.3 is 18.8 Å². The number of non-ortho nitro benzene ring substituents is 1. The van der Waals surface area contributed by atoms with Crippen LogP contribution in [0.25, 0.3) is 22.0 Å². The van der Waals surface area contributed by atoms with Gasteiger partial charge in [-0.25, -0.2) is 9.78 Å². The maximum atomic E-state index is 13.8. The number of fused-ring (bicyclic) bond motifs is 5. The number of carbonyl (C=O) groups is 2. The number of methoxy groups -OCH3 is 1. The first-order valence-corrected chi connectivity index (χ1v) is 15.3. The zero-order chi connectivity index (χ0) is 29.8. The molecule has 2 aromatic carbocycles. The minimum atomic E-state index is -0.961. The van der Waals surface area contributed by atoms with Crippen LogP contribution in [0.4, 0.5) is 10.5 Å². The Bertz CT molecular complexity index is 1760. The van der Waals surface area contributed by atoms with Gasteiger partial charge in [-0.1, -0.05) is 30.2 Å². The van der Waals surface area contributed by atoms with E-state index in [0.717, 1.165) is 11.4 Å². The van der Waals surface area contributed by atoms with Gasteiger partial charge >= 0.3 is 6.16 Å². The van der Waals surface area contributed by atoms with E-state index in [1.807, 2.05) is 25.1 Å². The molecule has 2 heterocycles. The van der Waals surface area contributed by atoms with Crippen molar-refractivity contribution in [3.8, 4) is 22.8 Å². The monoisotopic (exact) mass is 607 g/mol. The Kier molecular flexibility index (Phi) is 8.78. The average Bonchev–Trinajstić information content (AvgIpc) is 3.27. The highest BCUT2D eigenvalue weighted by Crippen LogP contribution is 2.45. The maximum Gasteiger partial charge on any atom is 0.514 e. The Morgan fingerprint density at radius 2 is 1.88 bits per heavy atom. The lowest BCUT2D eigenvalue weighted by Gasteiger charge is -2.15. The molecule has 0 amide bonds. The molecular formula is C29H25N3O8S2. The molecule has 0 bridgehead atoms. The fourth-order valence-corrected chi connectivity index (χ4v) is 6.39. The second-order valence-electron chi connectivity index (χ2n) is 9.17. The van der Waals surface area contributed by atoms with Gasteiger partial charge in [0.15, 0.2) is 17.3 Å². The zero-order valence-electron chi connectivity index (χ0n) is 22.7. The normalized spacial score (nSPS) is 11.7. The van der Waals surface area contributed by atoms with E-state index in [1.54, 1.807) is 12.3 Å². The van der Waals surface area contributed by atoms with Crippen LogP contribution in [0.2, 0.25) is 0 Å². The molecule has 2 aromatic heterocycles. The quantitative estimate of drug-likeness (QED) is 0.0418. The van der Waals surface area contributed by atoms with Crippen molar-refractivity contribution >= 4 is 50.0 Å². The van der Waals surface area contributed by atoms with Crippen molar-refractivity contribution in [3.63, 3.8) is 0 Å². The molecule has 4 aromatic rings. The van der Waals surface area contributed by atoms with E-state index in [1.165, 1.54) is 57.5 Å². The molecule has 0 atom stereocenters. The second-order valence-corrected chi connectivity index (χ2v) is 11.6. The third-order valence-electron chi connectivity index (χ3n) is 6.59. The van der Waals surface area contributed by atoms with Crippen LogP contribution < -0.4 is 15.0 Å². The summed E-state index contributed by atoms with van der Waals surface area (Å²) in [5.41, 5.74) is 0.660. The molecule has 0 fully saturated rings. The second kappa shape index (κ2) is 12.7. The van der Waals surface area contributed by atoms with Crippen molar-refractivity contribution < 1.29 is 28.7 Å². The van der Waals surface area contributed by atoms with Gasteiger partial charge in [0.25, 0.3) is 11.2 Å². The number of carbonyl (C=O) groups excluding carboxylic acids is 2. The first kappa shape index (κ1) is 29.1. The van der Waals surface area contributed by atoms with Gasteiger partial charge in [0.2, 0.25) is 0 Å². The van der Waals surface area contributed by atoms with Crippen LogP contribution in [-0.2, 0) is 11.3 Å². The van der Waals surface area contributed by atoms with Gasteiger partial charge in [0.05, 0.1) is 28.7 Å². The summed E-state index contributed by atoms with van der Waals surface area (Å²) in [4.78, 5) is 54.9. The number of benzene rings is 2. The Morgan fingerprint density at radius 1 is 1.07 bits per heavy atom. The highest BCUT2D eigenvalue weighted by molar-refractivity contribution is 8.76. The first-order valence-electron chi connectivity index (χ1n) is 13.0. The minimum Gasteiger partial charge on any atom is -0.493 e.